The Morgan fingerprint density at radius 1 is 1.09 bits per heavy atom. The first-order chi connectivity index (χ1) is 11.1. The Labute approximate surface area is 142 Å². The number of hydrogen-bond acceptors (Lipinski definition) is 4. The van der Waals surface area contributed by atoms with Crippen LogP contribution in [-0.2, 0) is 6.42 Å². The lowest BCUT2D eigenvalue weighted by Crippen LogP contribution is -2.30. The third kappa shape index (κ3) is 4.01. The Morgan fingerprint density at radius 3 is 2.65 bits per heavy atom. The molecule has 0 radical (unpaired) electrons. The zero-order chi connectivity index (χ0) is 16.2. The first kappa shape index (κ1) is 16.2. The molecule has 0 unspecified atom stereocenters. The van der Waals surface area contributed by atoms with E-state index in [-0.39, 0.29) is 0 Å². The van der Waals surface area contributed by atoms with Crippen LogP contribution < -0.4 is 10.2 Å². The van der Waals surface area contributed by atoms with Crippen LogP contribution in [0.1, 0.15) is 29.1 Å². The van der Waals surface area contributed by atoms with Gasteiger partial charge in [0.2, 0.25) is 0 Å². The summed E-state index contributed by atoms with van der Waals surface area (Å²) in [4.78, 5) is 11.8. The molecule has 1 aliphatic rings. The number of aromatic nitrogens is 2. The lowest BCUT2D eigenvalue weighted by molar-refractivity contribution is 0.724. The monoisotopic (exact) mass is 330 g/mol. The predicted molar refractivity (Wildman–Crippen MR) is 95.5 cm³/mol. The van der Waals surface area contributed by atoms with E-state index in [0.29, 0.717) is 0 Å². The molecule has 1 N–H and O–H groups in total. The average Bonchev–Trinajstić information content (AvgIpc) is 2.81. The summed E-state index contributed by atoms with van der Waals surface area (Å²) in [7, 11) is 0. The minimum Gasteiger partial charge on any atom is -0.355 e. The fourth-order valence-corrected chi connectivity index (χ4v) is 3.18. The van der Waals surface area contributed by atoms with Crippen molar-refractivity contribution in [1.29, 1.82) is 0 Å². The van der Waals surface area contributed by atoms with E-state index in [0.717, 1.165) is 61.4 Å². The molecule has 1 saturated heterocycles. The summed E-state index contributed by atoms with van der Waals surface area (Å²) in [5.74, 6) is 1.93. The Hall–Kier alpha value is -1.65. The van der Waals surface area contributed by atoms with Gasteiger partial charge in [-0.15, -0.1) is 0 Å². The summed E-state index contributed by atoms with van der Waals surface area (Å²) in [6.45, 7) is 8.16. The molecule has 5 heteroatoms. The summed E-state index contributed by atoms with van der Waals surface area (Å²) in [6, 6.07) is 8.04. The molecule has 23 heavy (non-hydrogen) atoms. The second-order valence-corrected chi connectivity index (χ2v) is 6.49. The topological polar surface area (TPSA) is 41.1 Å². The molecule has 0 spiro atoms. The molecule has 122 valence electrons. The van der Waals surface area contributed by atoms with E-state index in [1.54, 1.807) is 0 Å². The summed E-state index contributed by atoms with van der Waals surface area (Å²) < 4.78 is 0. The molecule has 0 amide bonds. The number of halogens is 1. The van der Waals surface area contributed by atoms with Gasteiger partial charge in [0.05, 0.1) is 0 Å². The van der Waals surface area contributed by atoms with E-state index in [1.807, 2.05) is 19.1 Å². The van der Waals surface area contributed by atoms with Gasteiger partial charge in [-0.1, -0.05) is 23.7 Å². The Bertz CT molecular complexity index is 661. The number of anilines is 1. The van der Waals surface area contributed by atoms with Crippen molar-refractivity contribution in [2.75, 3.05) is 31.1 Å². The largest absolute Gasteiger partial charge is 0.355 e. The predicted octanol–water partition coefficient (Wildman–Crippen LogP) is 3.14. The Morgan fingerprint density at radius 2 is 1.87 bits per heavy atom. The second-order valence-electron chi connectivity index (χ2n) is 6.05. The van der Waals surface area contributed by atoms with E-state index in [4.69, 9.17) is 16.6 Å². The van der Waals surface area contributed by atoms with Crippen molar-refractivity contribution in [2.45, 2.75) is 26.7 Å². The number of hydrogen-bond donors (Lipinski definition) is 1. The van der Waals surface area contributed by atoms with Crippen molar-refractivity contribution in [3.63, 3.8) is 0 Å². The molecule has 1 fully saturated rings. The quantitative estimate of drug-likeness (QED) is 0.938. The molecule has 0 saturated carbocycles. The van der Waals surface area contributed by atoms with Crippen LogP contribution in [0.3, 0.4) is 0 Å². The molecule has 3 rings (SSSR count). The molecular weight excluding hydrogens is 308 g/mol. The van der Waals surface area contributed by atoms with Crippen molar-refractivity contribution in [3.05, 3.63) is 51.9 Å². The number of rotatable bonds is 3. The number of benzene rings is 1. The highest BCUT2D eigenvalue weighted by molar-refractivity contribution is 6.30. The van der Waals surface area contributed by atoms with Gasteiger partial charge in [-0.3, -0.25) is 0 Å². The smallest absolute Gasteiger partial charge is 0.136 e. The van der Waals surface area contributed by atoms with Gasteiger partial charge in [-0.2, -0.15) is 0 Å². The number of nitrogens with zero attached hydrogens (tertiary/aromatic N) is 3. The van der Waals surface area contributed by atoms with Crippen LogP contribution in [0.15, 0.2) is 24.3 Å². The van der Waals surface area contributed by atoms with Crippen molar-refractivity contribution >= 4 is 17.4 Å². The summed E-state index contributed by atoms with van der Waals surface area (Å²) in [5.41, 5.74) is 3.53. The zero-order valence-corrected chi connectivity index (χ0v) is 14.5. The maximum Gasteiger partial charge on any atom is 0.136 e. The van der Waals surface area contributed by atoms with Gasteiger partial charge in [0.1, 0.15) is 11.6 Å². The van der Waals surface area contributed by atoms with Crippen LogP contribution in [0.25, 0.3) is 0 Å². The molecule has 1 aromatic carbocycles. The van der Waals surface area contributed by atoms with Gasteiger partial charge in [0.25, 0.3) is 0 Å². The van der Waals surface area contributed by atoms with Crippen LogP contribution in [0.2, 0.25) is 5.02 Å². The highest BCUT2D eigenvalue weighted by Crippen LogP contribution is 2.25. The minimum absolute atomic E-state index is 0.768. The van der Waals surface area contributed by atoms with Gasteiger partial charge in [0, 0.05) is 42.3 Å². The molecule has 1 aromatic heterocycles. The van der Waals surface area contributed by atoms with Crippen LogP contribution in [0.4, 0.5) is 5.82 Å². The van der Waals surface area contributed by atoms with Crippen LogP contribution >= 0.6 is 11.6 Å². The van der Waals surface area contributed by atoms with Crippen molar-refractivity contribution in [3.8, 4) is 0 Å². The molecule has 2 heterocycles. The van der Waals surface area contributed by atoms with Crippen molar-refractivity contribution < 1.29 is 0 Å². The van der Waals surface area contributed by atoms with Crippen LogP contribution in [0, 0.1) is 13.8 Å². The first-order valence-corrected chi connectivity index (χ1v) is 8.55. The van der Waals surface area contributed by atoms with Gasteiger partial charge in [-0.05, 0) is 44.5 Å². The molecule has 4 nitrogen and oxygen atoms in total. The molecule has 0 bridgehead atoms. The van der Waals surface area contributed by atoms with E-state index in [9.17, 15) is 0 Å². The highest BCUT2D eigenvalue weighted by atomic mass is 35.5. The van der Waals surface area contributed by atoms with Crippen LogP contribution in [0.5, 0.6) is 0 Å². The normalized spacial score (nSPS) is 15.5. The molecule has 2 aromatic rings. The number of nitrogens with one attached hydrogen (secondary N) is 1. The Kier molecular flexibility index (Phi) is 5.13. The SMILES string of the molecule is Cc1nc(C)c(Cc2ccc(Cl)cc2)c(N2CCCNCC2)n1. The van der Waals surface area contributed by atoms with E-state index in [1.165, 1.54) is 11.1 Å². The lowest BCUT2D eigenvalue weighted by atomic mass is 10.0. The van der Waals surface area contributed by atoms with Crippen molar-refractivity contribution in [1.82, 2.24) is 15.3 Å². The standard InChI is InChI=1S/C18H23ClN4/c1-13-17(12-15-4-6-16(19)7-5-15)18(22-14(2)21-13)23-10-3-8-20-9-11-23/h4-7,20H,3,8-12H2,1-2H3. The minimum atomic E-state index is 0.768. The van der Waals surface area contributed by atoms with E-state index in [2.05, 4.69) is 34.3 Å². The summed E-state index contributed by atoms with van der Waals surface area (Å²) in [6.07, 6.45) is 1.98. The molecule has 0 atom stereocenters. The highest BCUT2D eigenvalue weighted by Gasteiger charge is 2.18. The first-order valence-electron chi connectivity index (χ1n) is 8.18. The van der Waals surface area contributed by atoms with Gasteiger partial charge in [-0.25, -0.2) is 9.97 Å². The average molecular weight is 331 g/mol. The fourth-order valence-electron chi connectivity index (χ4n) is 3.05. The third-order valence-corrected chi connectivity index (χ3v) is 4.49. The molecular formula is C18H23ClN4. The molecule has 0 aliphatic carbocycles. The second kappa shape index (κ2) is 7.28. The van der Waals surface area contributed by atoms with E-state index >= 15 is 0 Å². The van der Waals surface area contributed by atoms with Crippen LogP contribution in [-0.4, -0.2) is 36.1 Å². The van der Waals surface area contributed by atoms with Crippen molar-refractivity contribution in [2.24, 2.45) is 0 Å². The summed E-state index contributed by atoms with van der Waals surface area (Å²) in [5, 5.41) is 4.22. The van der Waals surface area contributed by atoms with Gasteiger partial charge in [0.15, 0.2) is 0 Å². The maximum absolute atomic E-state index is 6.00. The van der Waals surface area contributed by atoms with E-state index < -0.39 is 0 Å². The third-order valence-electron chi connectivity index (χ3n) is 4.24. The molecule has 1 aliphatic heterocycles. The van der Waals surface area contributed by atoms with Gasteiger partial charge >= 0.3 is 0 Å². The lowest BCUT2D eigenvalue weighted by Gasteiger charge is -2.25. The zero-order valence-electron chi connectivity index (χ0n) is 13.8. The fraction of sp³-hybridized carbons (Fsp3) is 0.444. The summed E-state index contributed by atoms with van der Waals surface area (Å²) >= 11 is 6.00. The maximum atomic E-state index is 6.00. The Balaban J connectivity index is 1.95. The van der Waals surface area contributed by atoms with Gasteiger partial charge < -0.3 is 10.2 Å². The number of aryl methyl sites for hydroxylation is 2.